The molecule has 0 unspecified atom stereocenters. The van der Waals surface area contributed by atoms with Gasteiger partial charge in [-0.2, -0.15) is 0 Å². The second kappa shape index (κ2) is 9.80. The predicted molar refractivity (Wildman–Crippen MR) is 83.9 cm³/mol. The molecule has 0 bridgehead atoms. The molecule has 1 rings (SSSR count). The van der Waals surface area contributed by atoms with Crippen LogP contribution in [0, 0.1) is 11.8 Å². The Hall–Kier alpha value is -1.06. The van der Waals surface area contributed by atoms with Crippen molar-refractivity contribution < 1.29 is 14.3 Å². The van der Waals surface area contributed by atoms with E-state index in [2.05, 4.69) is 13.8 Å². The molecule has 21 heavy (non-hydrogen) atoms. The lowest BCUT2D eigenvalue weighted by atomic mass is 9.88. The molecule has 1 amide bonds. The molecule has 1 aliphatic carbocycles. The number of hydrogen-bond donors (Lipinski definition) is 0. The van der Waals surface area contributed by atoms with Gasteiger partial charge in [0.15, 0.2) is 0 Å². The molecule has 0 aromatic heterocycles. The molecule has 0 saturated heterocycles. The van der Waals surface area contributed by atoms with Crippen molar-refractivity contribution in [1.82, 2.24) is 4.90 Å². The number of carbonyl (C=O) groups excluding carboxylic acids is 2. The molecule has 1 saturated carbocycles. The lowest BCUT2D eigenvalue weighted by molar-refractivity contribution is -0.144. The van der Waals surface area contributed by atoms with Crippen LogP contribution < -0.4 is 0 Å². The van der Waals surface area contributed by atoms with Gasteiger partial charge in [0.25, 0.3) is 0 Å². The Morgan fingerprint density at radius 3 is 2.38 bits per heavy atom. The first kappa shape index (κ1) is 18.0. The quantitative estimate of drug-likeness (QED) is 0.645. The molecule has 0 aromatic carbocycles. The maximum atomic E-state index is 12.7. The highest BCUT2D eigenvalue weighted by atomic mass is 16.5. The molecule has 0 N–H and O–H groups in total. The summed E-state index contributed by atoms with van der Waals surface area (Å²) in [6, 6.07) is 0. The van der Waals surface area contributed by atoms with Crippen molar-refractivity contribution in [3.8, 4) is 0 Å². The Bertz CT molecular complexity index is 322. The topological polar surface area (TPSA) is 46.6 Å². The monoisotopic (exact) mass is 297 g/mol. The Balaban J connectivity index is 2.53. The predicted octanol–water partition coefficient (Wildman–Crippen LogP) is 3.39. The van der Waals surface area contributed by atoms with Crippen molar-refractivity contribution >= 4 is 11.9 Å². The van der Waals surface area contributed by atoms with Crippen LogP contribution in [-0.2, 0) is 14.3 Å². The molecule has 4 heteroatoms. The highest BCUT2D eigenvalue weighted by Gasteiger charge is 2.26. The number of esters is 1. The van der Waals surface area contributed by atoms with Gasteiger partial charge in [0, 0.05) is 19.0 Å². The minimum Gasteiger partial charge on any atom is -0.466 e. The number of nitrogens with zero attached hydrogens (tertiary/aromatic N) is 1. The fraction of sp³-hybridized carbons (Fsp3) is 0.882. The van der Waals surface area contributed by atoms with Gasteiger partial charge in [-0.25, -0.2) is 0 Å². The average Bonchev–Trinajstić information content (AvgIpc) is 2.47. The third kappa shape index (κ3) is 6.96. The number of rotatable bonds is 8. The van der Waals surface area contributed by atoms with Crippen LogP contribution in [-0.4, -0.2) is 36.5 Å². The van der Waals surface area contributed by atoms with Gasteiger partial charge in [0.05, 0.1) is 13.0 Å². The average molecular weight is 297 g/mol. The molecule has 0 aliphatic heterocycles. The van der Waals surface area contributed by atoms with Crippen LogP contribution >= 0.6 is 0 Å². The zero-order valence-electron chi connectivity index (χ0n) is 13.9. The first-order valence-electron chi connectivity index (χ1n) is 8.49. The third-order valence-corrected chi connectivity index (χ3v) is 4.13. The summed E-state index contributed by atoms with van der Waals surface area (Å²) in [6.45, 7) is 7.79. The highest BCUT2D eigenvalue weighted by molar-refractivity contribution is 5.79. The summed E-state index contributed by atoms with van der Waals surface area (Å²) >= 11 is 0. The fourth-order valence-electron chi connectivity index (χ4n) is 2.81. The van der Waals surface area contributed by atoms with Gasteiger partial charge in [-0.05, 0) is 32.1 Å². The summed E-state index contributed by atoms with van der Waals surface area (Å²) < 4.78 is 4.97. The third-order valence-electron chi connectivity index (χ3n) is 4.13. The van der Waals surface area contributed by atoms with Crippen LogP contribution in [0.1, 0.15) is 65.7 Å². The summed E-state index contributed by atoms with van der Waals surface area (Å²) in [6.07, 6.45) is 6.88. The van der Waals surface area contributed by atoms with Gasteiger partial charge in [-0.3, -0.25) is 9.59 Å². The van der Waals surface area contributed by atoms with Gasteiger partial charge in [0.1, 0.15) is 0 Å². The summed E-state index contributed by atoms with van der Waals surface area (Å²) in [5, 5.41) is 0. The standard InChI is InChI=1S/C17H31NO3/c1-4-21-16(19)11-13-18(12-10-14(2)3)17(20)15-8-6-5-7-9-15/h14-15H,4-13H2,1-3H3. The van der Waals surface area contributed by atoms with Crippen LogP contribution in [0.4, 0.5) is 0 Å². The minimum atomic E-state index is -0.205. The van der Waals surface area contributed by atoms with Crippen molar-refractivity contribution in [2.45, 2.75) is 65.7 Å². The van der Waals surface area contributed by atoms with Gasteiger partial charge in [-0.15, -0.1) is 0 Å². The SMILES string of the molecule is CCOC(=O)CCN(CCC(C)C)C(=O)C1CCCCC1. The molecule has 0 heterocycles. The molecule has 0 spiro atoms. The molecule has 0 atom stereocenters. The lowest BCUT2D eigenvalue weighted by Gasteiger charge is -2.29. The van der Waals surface area contributed by atoms with E-state index in [1.165, 1.54) is 6.42 Å². The van der Waals surface area contributed by atoms with E-state index >= 15 is 0 Å². The zero-order chi connectivity index (χ0) is 15.7. The van der Waals surface area contributed by atoms with Crippen LogP contribution in [0.5, 0.6) is 0 Å². The van der Waals surface area contributed by atoms with Gasteiger partial charge in [0.2, 0.25) is 5.91 Å². The minimum absolute atomic E-state index is 0.174. The van der Waals surface area contributed by atoms with Gasteiger partial charge in [-0.1, -0.05) is 33.1 Å². The first-order chi connectivity index (χ1) is 10.0. The number of amides is 1. The van der Waals surface area contributed by atoms with E-state index in [-0.39, 0.29) is 17.8 Å². The van der Waals surface area contributed by atoms with Crippen molar-refractivity contribution in [3.05, 3.63) is 0 Å². The summed E-state index contributed by atoms with van der Waals surface area (Å²) in [4.78, 5) is 26.1. The normalized spacial score (nSPS) is 16.0. The Morgan fingerprint density at radius 1 is 1.14 bits per heavy atom. The van der Waals surface area contributed by atoms with E-state index in [1.807, 2.05) is 11.8 Å². The Kier molecular flexibility index (Phi) is 8.40. The van der Waals surface area contributed by atoms with Crippen LogP contribution in [0.25, 0.3) is 0 Å². The van der Waals surface area contributed by atoms with Crippen molar-refractivity contribution in [2.75, 3.05) is 19.7 Å². The van der Waals surface area contributed by atoms with E-state index < -0.39 is 0 Å². The smallest absolute Gasteiger partial charge is 0.307 e. The van der Waals surface area contributed by atoms with Crippen LogP contribution in [0.3, 0.4) is 0 Å². The molecule has 0 aromatic rings. The van der Waals surface area contributed by atoms with E-state index in [9.17, 15) is 9.59 Å². The largest absolute Gasteiger partial charge is 0.466 e. The molecule has 4 nitrogen and oxygen atoms in total. The van der Waals surface area contributed by atoms with Crippen LogP contribution in [0.2, 0.25) is 0 Å². The van der Waals surface area contributed by atoms with E-state index in [4.69, 9.17) is 4.74 Å². The highest BCUT2D eigenvalue weighted by Crippen LogP contribution is 2.25. The summed E-state index contributed by atoms with van der Waals surface area (Å²) in [5.41, 5.74) is 0. The molecular weight excluding hydrogens is 266 g/mol. The maximum Gasteiger partial charge on any atom is 0.307 e. The fourth-order valence-corrected chi connectivity index (χ4v) is 2.81. The van der Waals surface area contributed by atoms with Crippen LogP contribution in [0.15, 0.2) is 0 Å². The van der Waals surface area contributed by atoms with E-state index in [1.54, 1.807) is 0 Å². The molecule has 0 radical (unpaired) electrons. The van der Waals surface area contributed by atoms with E-state index in [0.717, 1.165) is 38.6 Å². The Labute approximate surface area is 129 Å². The van der Waals surface area contributed by atoms with E-state index in [0.29, 0.717) is 25.5 Å². The lowest BCUT2D eigenvalue weighted by Crippen LogP contribution is -2.39. The van der Waals surface area contributed by atoms with Crippen molar-refractivity contribution in [3.63, 3.8) is 0 Å². The summed E-state index contributed by atoms with van der Waals surface area (Å²) in [7, 11) is 0. The number of carbonyl (C=O) groups is 2. The molecule has 1 aliphatic rings. The molecule has 122 valence electrons. The zero-order valence-corrected chi connectivity index (χ0v) is 13.9. The Morgan fingerprint density at radius 2 is 1.81 bits per heavy atom. The number of ether oxygens (including phenoxy) is 1. The summed E-state index contributed by atoms with van der Waals surface area (Å²) in [5.74, 6) is 0.783. The first-order valence-corrected chi connectivity index (χ1v) is 8.49. The second-order valence-electron chi connectivity index (χ2n) is 6.40. The number of hydrogen-bond acceptors (Lipinski definition) is 3. The molecular formula is C17H31NO3. The van der Waals surface area contributed by atoms with Gasteiger partial charge < -0.3 is 9.64 Å². The van der Waals surface area contributed by atoms with Gasteiger partial charge >= 0.3 is 5.97 Å². The van der Waals surface area contributed by atoms with Crippen molar-refractivity contribution in [1.29, 1.82) is 0 Å². The second-order valence-corrected chi connectivity index (χ2v) is 6.40. The maximum absolute atomic E-state index is 12.7. The molecule has 1 fully saturated rings. The van der Waals surface area contributed by atoms with Crippen molar-refractivity contribution in [2.24, 2.45) is 11.8 Å².